The second kappa shape index (κ2) is 11.1. The minimum Gasteiger partial charge on any atom is -0.456 e. The highest BCUT2D eigenvalue weighted by Crippen LogP contribution is 2.14. The van der Waals surface area contributed by atoms with E-state index >= 15 is 0 Å². The molecule has 31 heavy (non-hydrogen) atoms. The molecular formula is C21H30N4O5S. The van der Waals surface area contributed by atoms with Crippen molar-refractivity contribution in [3.63, 3.8) is 0 Å². The summed E-state index contributed by atoms with van der Waals surface area (Å²) in [7, 11) is -2.12. The van der Waals surface area contributed by atoms with Crippen molar-refractivity contribution in [2.45, 2.75) is 44.6 Å². The maximum Gasteiger partial charge on any atom is 0.307 e. The number of esters is 1. The average Bonchev–Trinajstić information content (AvgIpc) is 3.06. The number of hydrogen-bond donors (Lipinski definition) is 2. The summed E-state index contributed by atoms with van der Waals surface area (Å²) in [6.07, 6.45) is 1.87. The number of ether oxygens (including phenoxy) is 1. The Hall–Kier alpha value is -2.72. The summed E-state index contributed by atoms with van der Waals surface area (Å²) in [5, 5.41) is 2.58. The van der Waals surface area contributed by atoms with E-state index in [4.69, 9.17) is 4.74 Å². The molecule has 1 aromatic heterocycles. The summed E-state index contributed by atoms with van der Waals surface area (Å²) < 4.78 is 33.0. The molecule has 0 spiro atoms. The number of imidazole rings is 1. The smallest absolute Gasteiger partial charge is 0.307 e. The van der Waals surface area contributed by atoms with Crippen LogP contribution in [-0.4, -0.2) is 49.5 Å². The highest BCUT2D eigenvalue weighted by molar-refractivity contribution is 7.89. The van der Waals surface area contributed by atoms with E-state index in [1.165, 1.54) is 11.8 Å². The molecule has 0 bridgehead atoms. The summed E-state index contributed by atoms with van der Waals surface area (Å²) in [5.41, 5.74) is 2.37. The minimum atomic E-state index is -3.80. The van der Waals surface area contributed by atoms with Crippen molar-refractivity contribution in [1.82, 2.24) is 19.6 Å². The molecule has 10 heteroatoms. The zero-order valence-corrected chi connectivity index (χ0v) is 19.2. The summed E-state index contributed by atoms with van der Waals surface area (Å²) in [6, 6.07) is 8.23. The molecule has 0 saturated heterocycles. The van der Waals surface area contributed by atoms with Gasteiger partial charge in [0.25, 0.3) is 15.9 Å². The van der Waals surface area contributed by atoms with Crippen LogP contribution in [0.1, 0.15) is 43.1 Å². The van der Waals surface area contributed by atoms with Gasteiger partial charge in [0.05, 0.1) is 6.42 Å². The molecule has 2 aromatic rings. The molecular weight excluding hydrogens is 420 g/mol. The van der Waals surface area contributed by atoms with Crippen LogP contribution in [0.5, 0.6) is 0 Å². The van der Waals surface area contributed by atoms with Gasteiger partial charge in [-0.25, -0.2) is 18.1 Å². The zero-order valence-electron chi connectivity index (χ0n) is 18.3. The van der Waals surface area contributed by atoms with Crippen LogP contribution in [-0.2, 0) is 37.8 Å². The summed E-state index contributed by atoms with van der Waals surface area (Å²) in [5.74, 6) is -0.0488. The van der Waals surface area contributed by atoms with E-state index in [0.29, 0.717) is 24.7 Å². The Morgan fingerprint density at radius 2 is 1.84 bits per heavy atom. The Kier molecular flexibility index (Phi) is 8.76. The van der Waals surface area contributed by atoms with Gasteiger partial charge in [-0.05, 0) is 30.4 Å². The van der Waals surface area contributed by atoms with E-state index in [1.807, 2.05) is 12.1 Å². The number of amides is 1. The lowest BCUT2D eigenvalue weighted by Gasteiger charge is -2.09. The topological polar surface area (TPSA) is 119 Å². The SMILES string of the molecule is Cc1nc(S(=O)(=O)NCCC(=O)OCC(=O)NCCc2ccc(C(C)C)cc2)cn1C. The molecule has 0 aliphatic carbocycles. The number of rotatable bonds is 11. The average molecular weight is 451 g/mol. The van der Waals surface area contributed by atoms with E-state index < -0.39 is 28.5 Å². The number of benzene rings is 1. The lowest BCUT2D eigenvalue weighted by Crippen LogP contribution is -2.31. The Bertz CT molecular complexity index is 978. The van der Waals surface area contributed by atoms with Gasteiger partial charge < -0.3 is 14.6 Å². The normalized spacial score (nSPS) is 11.5. The molecule has 0 radical (unpaired) electrons. The number of carbonyl (C=O) groups is 2. The minimum absolute atomic E-state index is 0.112. The van der Waals surface area contributed by atoms with Gasteiger partial charge in [-0.15, -0.1) is 0 Å². The molecule has 0 unspecified atom stereocenters. The molecule has 2 rings (SSSR count). The monoisotopic (exact) mass is 450 g/mol. The van der Waals surface area contributed by atoms with Crippen molar-refractivity contribution in [2.24, 2.45) is 7.05 Å². The first-order valence-electron chi connectivity index (χ1n) is 10.1. The second-order valence-electron chi connectivity index (χ2n) is 7.54. The molecule has 0 fully saturated rings. The number of hydrogen-bond acceptors (Lipinski definition) is 6. The largest absolute Gasteiger partial charge is 0.456 e. The van der Waals surface area contributed by atoms with Gasteiger partial charge in [0.15, 0.2) is 11.6 Å². The molecule has 1 aromatic carbocycles. The van der Waals surface area contributed by atoms with Gasteiger partial charge in [-0.3, -0.25) is 9.59 Å². The van der Waals surface area contributed by atoms with E-state index in [1.54, 1.807) is 18.5 Å². The molecule has 1 heterocycles. The number of nitrogens with zero attached hydrogens (tertiary/aromatic N) is 2. The van der Waals surface area contributed by atoms with Gasteiger partial charge in [-0.1, -0.05) is 38.1 Å². The van der Waals surface area contributed by atoms with E-state index in [0.717, 1.165) is 5.56 Å². The summed E-state index contributed by atoms with van der Waals surface area (Å²) >= 11 is 0. The van der Waals surface area contributed by atoms with Crippen molar-refractivity contribution in [3.8, 4) is 0 Å². The van der Waals surface area contributed by atoms with Crippen LogP contribution in [0.4, 0.5) is 0 Å². The lowest BCUT2D eigenvalue weighted by molar-refractivity contribution is -0.148. The fourth-order valence-corrected chi connectivity index (χ4v) is 3.77. The maximum absolute atomic E-state index is 12.1. The van der Waals surface area contributed by atoms with E-state index in [-0.39, 0.29) is 18.0 Å². The van der Waals surface area contributed by atoms with Crippen LogP contribution in [0.3, 0.4) is 0 Å². The van der Waals surface area contributed by atoms with Crippen LogP contribution in [0.25, 0.3) is 0 Å². The quantitative estimate of drug-likeness (QED) is 0.500. The van der Waals surface area contributed by atoms with E-state index in [2.05, 4.69) is 41.0 Å². The predicted molar refractivity (Wildman–Crippen MR) is 116 cm³/mol. The first-order chi connectivity index (χ1) is 14.6. The van der Waals surface area contributed by atoms with Crippen molar-refractivity contribution >= 4 is 21.9 Å². The van der Waals surface area contributed by atoms with Gasteiger partial charge in [-0.2, -0.15) is 0 Å². The molecule has 0 aliphatic heterocycles. The van der Waals surface area contributed by atoms with Crippen LogP contribution >= 0.6 is 0 Å². The molecule has 1 amide bonds. The van der Waals surface area contributed by atoms with E-state index in [9.17, 15) is 18.0 Å². The van der Waals surface area contributed by atoms with Crippen molar-refractivity contribution in [2.75, 3.05) is 19.7 Å². The van der Waals surface area contributed by atoms with Crippen LogP contribution in [0, 0.1) is 6.92 Å². The highest BCUT2D eigenvalue weighted by atomic mass is 32.2. The third-order valence-electron chi connectivity index (χ3n) is 4.73. The first kappa shape index (κ1) is 24.5. The molecule has 0 saturated carbocycles. The Balaban J connectivity index is 1.63. The predicted octanol–water partition coefficient (Wildman–Crippen LogP) is 1.42. The Morgan fingerprint density at radius 3 is 2.42 bits per heavy atom. The van der Waals surface area contributed by atoms with Crippen LogP contribution in [0.2, 0.25) is 0 Å². The molecule has 2 N–H and O–H groups in total. The van der Waals surface area contributed by atoms with Gasteiger partial charge in [0.2, 0.25) is 0 Å². The number of nitrogens with one attached hydrogen (secondary N) is 2. The third-order valence-corrected chi connectivity index (χ3v) is 6.06. The lowest BCUT2D eigenvalue weighted by atomic mass is 10.0. The molecule has 9 nitrogen and oxygen atoms in total. The van der Waals surface area contributed by atoms with Gasteiger partial charge >= 0.3 is 5.97 Å². The number of sulfonamides is 1. The van der Waals surface area contributed by atoms with Gasteiger partial charge in [0, 0.05) is 26.3 Å². The Morgan fingerprint density at radius 1 is 1.16 bits per heavy atom. The first-order valence-corrected chi connectivity index (χ1v) is 11.6. The fourth-order valence-electron chi connectivity index (χ4n) is 2.70. The molecule has 0 atom stereocenters. The fraction of sp³-hybridized carbons (Fsp3) is 0.476. The maximum atomic E-state index is 12.1. The Labute approximate surface area is 183 Å². The van der Waals surface area contributed by atoms with Crippen LogP contribution < -0.4 is 10.0 Å². The number of aryl methyl sites for hydroxylation is 2. The highest BCUT2D eigenvalue weighted by Gasteiger charge is 2.18. The summed E-state index contributed by atoms with van der Waals surface area (Å²) in [6.45, 7) is 5.83. The second-order valence-corrected chi connectivity index (χ2v) is 9.26. The zero-order chi connectivity index (χ0) is 23.0. The third kappa shape index (κ3) is 7.80. The van der Waals surface area contributed by atoms with Gasteiger partial charge in [0.1, 0.15) is 5.82 Å². The molecule has 0 aliphatic rings. The number of aromatic nitrogens is 2. The number of carbonyl (C=O) groups excluding carboxylic acids is 2. The molecule has 170 valence electrons. The van der Waals surface area contributed by atoms with Crippen molar-refractivity contribution < 1.29 is 22.7 Å². The van der Waals surface area contributed by atoms with Crippen molar-refractivity contribution in [3.05, 3.63) is 47.4 Å². The summed E-state index contributed by atoms with van der Waals surface area (Å²) in [4.78, 5) is 27.5. The van der Waals surface area contributed by atoms with Crippen molar-refractivity contribution in [1.29, 1.82) is 0 Å². The van der Waals surface area contributed by atoms with Crippen LogP contribution in [0.15, 0.2) is 35.5 Å². The standard InChI is InChI=1S/C21H30N4O5S/c1-15(2)18-7-5-17(6-8-18)9-11-22-19(26)14-30-21(27)10-12-23-31(28,29)20-13-25(4)16(3)24-20/h5-8,13,15,23H,9-12,14H2,1-4H3,(H,22,26).